The lowest BCUT2D eigenvalue weighted by molar-refractivity contribution is 0.229. The van der Waals surface area contributed by atoms with Crippen molar-refractivity contribution in [1.29, 1.82) is 0 Å². The molecule has 0 amide bonds. The number of hydrogen-bond acceptors (Lipinski definition) is 2. The van der Waals surface area contributed by atoms with Crippen LogP contribution in [0.3, 0.4) is 0 Å². The lowest BCUT2D eigenvalue weighted by Gasteiger charge is -2.23. The van der Waals surface area contributed by atoms with Crippen molar-refractivity contribution in [2.24, 2.45) is 0 Å². The summed E-state index contributed by atoms with van der Waals surface area (Å²) in [4.78, 5) is 0. The highest BCUT2D eigenvalue weighted by atomic mass is 79.9. The molecule has 0 spiro atoms. The second kappa shape index (κ2) is 5.78. The van der Waals surface area contributed by atoms with E-state index in [4.69, 9.17) is 4.74 Å². The van der Waals surface area contributed by atoms with Crippen molar-refractivity contribution < 1.29 is 13.5 Å². The topological polar surface area (TPSA) is 21.3 Å². The summed E-state index contributed by atoms with van der Waals surface area (Å²) in [5.41, 5.74) is 0. The van der Waals surface area contributed by atoms with E-state index in [1.807, 2.05) is 0 Å². The molecule has 1 aromatic rings. The molecule has 0 saturated carbocycles. The molecule has 1 unspecified atom stereocenters. The fourth-order valence-corrected chi connectivity index (χ4v) is 2.44. The third-order valence-electron chi connectivity index (χ3n) is 2.80. The van der Waals surface area contributed by atoms with E-state index in [1.165, 1.54) is 12.5 Å². The van der Waals surface area contributed by atoms with Crippen LogP contribution in [-0.4, -0.2) is 19.2 Å². The Hall–Kier alpha value is -0.680. The summed E-state index contributed by atoms with van der Waals surface area (Å²) < 4.78 is 32.0. The van der Waals surface area contributed by atoms with Crippen LogP contribution in [0.5, 0.6) is 5.75 Å². The Labute approximate surface area is 107 Å². The molecule has 1 aromatic carbocycles. The Morgan fingerprint density at radius 2 is 2.18 bits per heavy atom. The zero-order valence-corrected chi connectivity index (χ0v) is 10.9. The van der Waals surface area contributed by atoms with E-state index < -0.39 is 11.6 Å². The minimum Gasteiger partial charge on any atom is -0.488 e. The van der Waals surface area contributed by atoms with E-state index in [-0.39, 0.29) is 11.8 Å². The van der Waals surface area contributed by atoms with E-state index >= 15 is 0 Å². The van der Waals surface area contributed by atoms with Crippen LogP contribution in [0.4, 0.5) is 8.78 Å². The van der Waals surface area contributed by atoms with Crippen molar-refractivity contribution >= 4 is 15.9 Å². The Morgan fingerprint density at radius 1 is 1.35 bits per heavy atom. The van der Waals surface area contributed by atoms with Crippen molar-refractivity contribution in [3.63, 3.8) is 0 Å². The molecule has 1 saturated heterocycles. The number of ether oxygens (including phenoxy) is 1. The third-order valence-corrected chi connectivity index (χ3v) is 3.39. The number of halogens is 3. The van der Waals surface area contributed by atoms with E-state index in [0.29, 0.717) is 11.1 Å². The molecule has 0 aromatic heterocycles. The highest BCUT2D eigenvalue weighted by Crippen LogP contribution is 2.29. The van der Waals surface area contributed by atoms with Crippen LogP contribution in [0.1, 0.15) is 19.3 Å². The van der Waals surface area contributed by atoms with Gasteiger partial charge in [0.15, 0.2) is 11.6 Å². The Morgan fingerprint density at radius 3 is 2.82 bits per heavy atom. The Kier molecular flexibility index (Phi) is 4.34. The highest BCUT2D eigenvalue weighted by Gasteiger charge is 2.16. The van der Waals surface area contributed by atoms with Crippen LogP contribution in [0.25, 0.3) is 0 Å². The van der Waals surface area contributed by atoms with Crippen molar-refractivity contribution in [3.05, 3.63) is 28.2 Å². The van der Waals surface area contributed by atoms with Gasteiger partial charge in [-0.05, 0) is 41.4 Å². The fourth-order valence-electron chi connectivity index (χ4n) is 1.92. The Bertz CT molecular complexity index is 371. The van der Waals surface area contributed by atoms with Gasteiger partial charge in [0, 0.05) is 12.1 Å². The minimum absolute atomic E-state index is 0.0822. The Balaban J connectivity index is 1.98. The number of benzene rings is 1. The largest absolute Gasteiger partial charge is 0.488 e. The molecule has 1 aliphatic heterocycles. The first-order valence-corrected chi connectivity index (χ1v) is 6.47. The zero-order chi connectivity index (χ0) is 12.3. The first kappa shape index (κ1) is 12.8. The highest BCUT2D eigenvalue weighted by molar-refractivity contribution is 9.10. The SMILES string of the molecule is Fc1cc(F)c(OCC2CCCCN2)c(Br)c1. The maximum Gasteiger partial charge on any atom is 0.169 e. The smallest absolute Gasteiger partial charge is 0.169 e. The summed E-state index contributed by atoms with van der Waals surface area (Å²) >= 11 is 3.10. The lowest BCUT2D eigenvalue weighted by Crippen LogP contribution is -2.38. The first-order chi connectivity index (χ1) is 8.16. The molecule has 94 valence electrons. The second-order valence-electron chi connectivity index (χ2n) is 4.16. The predicted octanol–water partition coefficient (Wildman–Crippen LogP) is 3.25. The minimum atomic E-state index is -0.673. The van der Waals surface area contributed by atoms with E-state index in [9.17, 15) is 8.78 Å². The van der Waals surface area contributed by atoms with Crippen LogP contribution in [0.15, 0.2) is 16.6 Å². The lowest BCUT2D eigenvalue weighted by atomic mass is 10.1. The molecule has 1 aliphatic rings. The third kappa shape index (κ3) is 3.39. The van der Waals surface area contributed by atoms with Crippen LogP contribution < -0.4 is 10.1 Å². The number of piperidine rings is 1. The van der Waals surface area contributed by atoms with Crippen LogP contribution in [0.2, 0.25) is 0 Å². The quantitative estimate of drug-likeness (QED) is 0.925. The van der Waals surface area contributed by atoms with Gasteiger partial charge >= 0.3 is 0 Å². The summed E-state index contributed by atoms with van der Waals surface area (Å²) in [7, 11) is 0. The molecule has 1 heterocycles. The standard InChI is InChI=1S/C12H14BrF2NO/c13-10-5-8(14)6-11(15)12(10)17-7-9-3-1-2-4-16-9/h5-6,9,16H,1-4,7H2. The molecular formula is C12H14BrF2NO. The van der Waals surface area contributed by atoms with Gasteiger partial charge in [-0.2, -0.15) is 0 Å². The van der Waals surface area contributed by atoms with Crippen molar-refractivity contribution in [2.45, 2.75) is 25.3 Å². The molecule has 2 rings (SSSR count). The maximum atomic E-state index is 13.5. The van der Waals surface area contributed by atoms with Crippen molar-refractivity contribution in [2.75, 3.05) is 13.2 Å². The molecule has 1 N–H and O–H groups in total. The van der Waals surface area contributed by atoms with Gasteiger partial charge in [-0.15, -0.1) is 0 Å². The molecule has 17 heavy (non-hydrogen) atoms. The normalized spacial score (nSPS) is 20.3. The fraction of sp³-hybridized carbons (Fsp3) is 0.500. The van der Waals surface area contributed by atoms with Crippen LogP contribution in [0, 0.1) is 11.6 Å². The molecule has 2 nitrogen and oxygen atoms in total. The van der Waals surface area contributed by atoms with Gasteiger partial charge in [0.1, 0.15) is 12.4 Å². The second-order valence-corrected chi connectivity index (χ2v) is 5.01. The summed E-state index contributed by atoms with van der Waals surface area (Å²) in [6, 6.07) is 2.28. The average Bonchev–Trinajstić information content (AvgIpc) is 2.29. The molecule has 0 radical (unpaired) electrons. The van der Waals surface area contributed by atoms with Gasteiger partial charge in [-0.25, -0.2) is 8.78 Å². The van der Waals surface area contributed by atoms with Crippen molar-refractivity contribution in [3.8, 4) is 5.75 Å². The molecule has 1 fully saturated rings. The summed E-state index contributed by atoms with van der Waals surface area (Å²) in [6.45, 7) is 1.38. The summed E-state index contributed by atoms with van der Waals surface area (Å²) in [6.07, 6.45) is 3.36. The molecule has 1 atom stereocenters. The molecule has 0 bridgehead atoms. The number of nitrogens with one attached hydrogen (secondary N) is 1. The van der Waals surface area contributed by atoms with Gasteiger partial charge in [0.2, 0.25) is 0 Å². The monoisotopic (exact) mass is 305 g/mol. The molecule has 0 aliphatic carbocycles. The van der Waals surface area contributed by atoms with Crippen LogP contribution >= 0.6 is 15.9 Å². The van der Waals surface area contributed by atoms with Crippen LogP contribution in [-0.2, 0) is 0 Å². The van der Waals surface area contributed by atoms with Gasteiger partial charge in [-0.3, -0.25) is 0 Å². The summed E-state index contributed by atoms with van der Waals surface area (Å²) in [5.74, 6) is -1.20. The van der Waals surface area contributed by atoms with Gasteiger partial charge in [-0.1, -0.05) is 6.42 Å². The van der Waals surface area contributed by atoms with Gasteiger partial charge < -0.3 is 10.1 Å². The van der Waals surface area contributed by atoms with Crippen molar-refractivity contribution in [1.82, 2.24) is 5.32 Å². The summed E-state index contributed by atoms with van der Waals surface area (Å²) in [5, 5.41) is 3.30. The van der Waals surface area contributed by atoms with E-state index in [2.05, 4.69) is 21.2 Å². The number of rotatable bonds is 3. The zero-order valence-electron chi connectivity index (χ0n) is 9.31. The predicted molar refractivity (Wildman–Crippen MR) is 65.2 cm³/mol. The van der Waals surface area contributed by atoms with E-state index in [1.54, 1.807) is 0 Å². The molecular weight excluding hydrogens is 292 g/mol. The van der Waals surface area contributed by atoms with E-state index in [0.717, 1.165) is 25.5 Å². The van der Waals surface area contributed by atoms with Gasteiger partial charge in [0.05, 0.1) is 4.47 Å². The maximum absolute atomic E-state index is 13.5. The molecule has 5 heteroatoms. The van der Waals surface area contributed by atoms with Gasteiger partial charge in [0.25, 0.3) is 0 Å². The number of hydrogen-bond donors (Lipinski definition) is 1. The average molecular weight is 306 g/mol. The first-order valence-electron chi connectivity index (χ1n) is 5.67.